The number of nitrogens with two attached hydrogens (primary N) is 1. The van der Waals surface area contributed by atoms with Crippen molar-refractivity contribution in [3.8, 4) is 0 Å². The van der Waals surface area contributed by atoms with Crippen LogP contribution in [0.5, 0.6) is 0 Å². The minimum atomic E-state index is 0.00550. The fraction of sp³-hybridized carbons (Fsp3) is 0.143. The van der Waals surface area contributed by atoms with Gasteiger partial charge in [-0.3, -0.25) is 4.57 Å². The van der Waals surface area contributed by atoms with Crippen LogP contribution >= 0.6 is 23.2 Å². The first-order valence-corrected chi connectivity index (χ1v) is 6.86. The topological polar surface area (TPSA) is 56.7 Å². The number of hydrogen-bond donors (Lipinski definition) is 1. The summed E-state index contributed by atoms with van der Waals surface area (Å²) in [6.45, 7) is 2.04. The second kappa shape index (κ2) is 4.96. The van der Waals surface area contributed by atoms with E-state index < -0.39 is 0 Å². The van der Waals surface area contributed by atoms with Gasteiger partial charge in [0.05, 0.1) is 11.1 Å². The molecule has 0 amide bonds. The van der Waals surface area contributed by atoms with Crippen LogP contribution < -0.4 is 5.73 Å². The Morgan fingerprint density at radius 2 is 1.85 bits per heavy atom. The molecule has 3 aromatic rings. The number of imidazole rings is 1. The molecule has 0 saturated carbocycles. The maximum absolute atomic E-state index is 6.01. The first-order chi connectivity index (χ1) is 9.56. The number of nitrogens with zero attached hydrogens (tertiary/aromatic N) is 3. The molecule has 0 radical (unpaired) electrons. The zero-order chi connectivity index (χ0) is 14.3. The Labute approximate surface area is 126 Å². The van der Waals surface area contributed by atoms with Crippen LogP contribution in [0.3, 0.4) is 0 Å². The molecule has 2 aromatic heterocycles. The molecule has 0 fully saturated rings. The van der Waals surface area contributed by atoms with Gasteiger partial charge in [0.2, 0.25) is 5.95 Å². The van der Waals surface area contributed by atoms with Crippen LogP contribution in [0.4, 0.5) is 5.95 Å². The number of fused-ring (bicyclic) bond motifs is 1. The lowest BCUT2D eigenvalue weighted by atomic mass is 10.1. The molecule has 0 saturated heterocycles. The van der Waals surface area contributed by atoms with Crippen molar-refractivity contribution in [1.82, 2.24) is 14.5 Å². The molecule has 0 aliphatic carbocycles. The van der Waals surface area contributed by atoms with Gasteiger partial charge < -0.3 is 5.73 Å². The first-order valence-electron chi connectivity index (χ1n) is 6.10. The molecule has 0 aliphatic rings. The summed E-state index contributed by atoms with van der Waals surface area (Å²) in [6.07, 6.45) is 1.59. The fourth-order valence-corrected chi connectivity index (χ4v) is 2.53. The Morgan fingerprint density at radius 3 is 2.55 bits per heavy atom. The van der Waals surface area contributed by atoms with Crippen LogP contribution in [-0.4, -0.2) is 14.5 Å². The lowest BCUT2D eigenvalue weighted by Gasteiger charge is -2.16. The molecular weight excluding hydrogens is 295 g/mol. The highest BCUT2D eigenvalue weighted by Gasteiger charge is 2.16. The molecule has 3 rings (SSSR count). The average Bonchev–Trinajstić information content (AvgIpc) is 2.73. The summed E-state index contributed by atoms with van der Waals surface area (Å²) in [5.41, 5.74) is 8.50. The largest absolute Gasteiger partial charge is 0.369 e. The van der Waals surface area contributed by atoms with Crippen molar-refractivity contribution in [3.05, 3.63) is 52.1 Å². The summed E-state index contributed by atoms with van der Waals surface area (Å²) >= 11 is 11.8. The van der Waals surface area contributed by atoms with Crippen LogP contribution in [0.25, 0.3) is 11.2 Å². The van der Waals surface area contributed by atoms with Gasteiger partial charge in [0.1, 0.15) is 5.52 Å². The van der Waals surface area contributed by atoms with Gasteiger partial charge in [-0.2, -0.15) is 0 Å². The normalized spacial score (nSPS) is 12.8. The second-order valence-electron chi connectivity index (χ2n) is 4.56. The quantitative estimate of drug-likeness (QED) is 0.780. The van der Waals surface area contributed by atoms with E-state index in [-0.39, 0.29) is 6.04 Å². The Hall–Kier alpha value is -1.78. The third-order valence-corrected chi connectivity index (χ3v) is 3.72. The van der Waals surface area contributed by atoms with E-state index in [1.54, 1.807) is 12.3 Å². The number of hydrogen-bond acceptors (Lipinski definition) is 3. The van der Waals surface area contributed by atoms with Crippen LogP contribution in [0.15, 0.2) is 36.5 Å². The minimum Gasteiger partial charge on any atom is -0.369 e. The van der Waals surface area contributed by atoms with Crippen molar-refractivity contribution < 1.29 is 0 Å². The van der Waals surface area contributed by atoms with E-state index in [1.165, 1.54) is 0 Å². The van der Waals surface area contributed by atoms with Gasteiger partial charge in [0.15, 0.2) is 5.65 Å². The van der Waals surface area contributed by atoms with E-state index in [4.69, 9.17) is 28.9 Å². The maximum atomic E-state index is 6.01. The standard InChI is InChI=1S/C14H12Cl2N4/c1-8(9-2-4-10(15)5-3-9)20-13-12(19-14(20)17)6-11(16)7-18-13/h2-8H,1H3,(H2,17,19). The molecule has 0 spiro atoms. The molecular formula is C14H12Cl2N4. The Bertz CT molecular complexity index is 765. The molecule has 0 aliphatic heterocycles. The number of benzene rings is 1. The summed E-state index contributed by atoms with van der Waals surface area (Å²) in [5.74, 6) is 0.414. The van der Waals surface area contributed by atoms with Crippen molar-refractivity contribution >= 4 is 40.3 Å². The molecule has 2 heterocycles. The molecule has 0 bridgehead atoms. The molecule has 102 valence electrons. The van der Waals surface area contributed by atoms with E-state index in [1.807, 2.05) is 35.8 Å². The average molecular weight is 307 g/mol. The Balaban J connectivity index is 2.13. The zero-order valence-corrected chi connectivity index (χ0v) is 12.2. The van der Waals surface area contributed by atoms with Crippen LogP contribution in [0.2, 0.25) is 10.0 Å². The van der Waals surface area contributed by atoms with E-state index in [0.717, 1.165) is 5.56 Å². The van der Waals surface area contributed by atoms with Crippen LogP contribution in [-0.2, 0) is 0 Å². The SMILES string of the molecule is CC(c1ccc(Cl)cc1)n1c(N)nc2cc(Cl)cnc21. The van der Waals surface area contributed by atoms with E-state index in [2.05, 4.69) is 9.97 Å². The Kier molecular flexibility index (Phi) is 3.28. The summed E-state index contributed by atoms with van der Waals surface area (Å²) < 4.78 is 1.88. The van der Waals surface area contributed by atoms with Gasteiger partial charge in [-0.05, 0) is 30.7 Å². The van der Waals surface area contributed by atoms with Crippen molar-refractivity contribution in [2.24, 2.45) is 0 Å². The molecule has 1 unspecified atom stereocenters. The number of pyridine rings is 1. The summed E-state index contributed by atoms with van der Waals surface area (Å²) in [4.78, 5) is 8.63. The van der Waals surface area contributed by atoms with Crippen LogP contribution in [0.1, 0.15) is 18.5 Å². The molecule has 6 heteroatoms. The summed E-state index contributed by atoms with van der Waals surface area (Å²) in [7, 11) is 0. The predicted octanol–water partition coefficient (Wildman–Crippen LogP) is 3.93. The number of rotatable bonds is 2. The van der Waals surface area contributed by atoms with Crippen molar-refractivity contribution in [1.29, 1.82) is 0 Å². The van der Waals surface area contributed by atoms with Gasteiger partial charge in [-0.25, -0.2) is 9.97 Å². The lowest BCUT2D eigenvalue weighted by molar-refractivity contribution is 0.662. The molecule has 1 atom stereocenters. The molecule has 4 nitrogen and oxygen atoms in total. The van der Waals surface area contributed by atoms with Gasteiger partial charge in [0.25, 0.3) is 0 Å². The molecule has 1 aromatic carbocycles. The summed E-state index contributed by atoms with van der Waals surface area (Å²) in [6, 6.07) is 9.40. The first kappa shape index (κ1) is 13.2. The van der Waals surface area contributed by atoms with E-state index in [0.29, 0.717) is 27.2 Å². The van der Waals surface area contributed by atoms with E-state index >= 15 is 0 Å². The van der Waals surface area contributed by atoms with Crippen molar-refractivity contribution in [2.75, 3.05) is 5.73 Å². The van der Waals surface area contributed by atoms with Gasteiger partial charge in [-0.1, -0.05) is 35.3 Å². The fourth-order valence-electron chi connectivity index (χ4n) is 2.25. The summed E-state index contributed by atoms with van der Waals surface area (Å²) in [5, 5.41) is 1.25. The van der Waals surface area contributed by atoms with Gasteiger partial charge in [-0.15, -0.1) is 0 Å². The highest BCUT2D eigenvalue weighted by Crippen LogP contribution is 2.27. The second-order valence-corrected chi connectivity index (χ2v) is 5.44. The van der Waals surface area contributed by atoms with Gasteiger partial charge in [0, 0.05) is 11.2 Å². The maximum Gasteiger partial charge on any atom is 0.203 e. The van der Waals surface area contributed by atoms with Crippen molar-refractivity contribution in [3.63, 3.8) is 0 Å². The van der Waals surface area contributed by atoms with Crippen molar-refractivity contribution in [2.45, 2.75) is 13.0 Å². The van der Waals surface area contributed by atoms with Gasteiger partial charge >= 0.3 is 0 Å². The van der Waals surface area contributed by atoms with Crippen LogP contribution in [0, 0.1) is 0 Å². The monoisotopic (exact) mass is 306 g/mol. The lowest BCUT2D eigenvalue weighted by Crippen LogP contribution is -2.10. The third-order valence-electron chi connectivity index (χ3n) is 3.26. The number of aromatic nitrogens is 3. The number of nitrogen functional groups attached to an aromatic ring is 1. The third kappa shape index (κ3) is 2.21. The predicted molar refractivity (Wildman–Crippen MR) is 82.2 cm³/mol. The zero-order valence-electron chi connectivity index (χ0n) is 10.7. The Morgan fingerprint density at radius 1 is 1.15 bits per heavy atom. The highest BCUT2D eigenvalue weighted by atomic mass is 35.5. The van der Waals surface area contributed by atoms with E-state index in [9.17, 15) is 0 Å². The smallest absolute Gasteiger partial charge is 0.203 e. The molecule has 20 heavy (non-hydrogen) atoms. The molecule has 2 N–H and O–H groups in total. The minimum absolute atomic E-state index is 0.00550. The number of anilines is 1. The number of halogens is 2. The highest BCUT2D eigenvalue weighted by molar-refractivity contribution is 6.31.